The minimum absolute atomic E-state index is 0.0225. The monoisotopic (exact) mass is 437 g/mol. The Balaban J connectivity index is 3.15. The molecule has 3 atom stereocenters. The van der Waals surface area contributed by atoms with Crippen LogP contribution in [0, 0.1) is 11.3 Å². The zero-order chi connectivity index (χ0) is 24.1. The summed E-state index contributed by atoms with van der Waals surface area (Å²) in [5, 5.41) is 12.3. The van der Waals surface area contributed by atoms with E-state index in [-0.39, 0.29) is 41.4 Å². The van der Waals surface area contributed by atoms with Gasteiger partial charge in [-0.1, -0.05) is 47.1 Å². The zero-order valence-electron chi connectivity index (χ0n) is 20.9. The van der Waals surface area contributed by atoms with Crippen LogP contribution in [0.3, 0.4) is 0 Å². The van der Waals surface area contributed by atoms with Crippen molar-refractivity contribution in [3.05, 3.63) is 11.6 Å². The SMILES string of the molecule is CC(=C[C@H](C(C)C)N(C)C(=O)C(NC(=O)[C@H]1CCCCN1C(C)C)C(C)(C)C)C(=O)O. The van der Waals surface area contributed by atoms with Crippen LogP contribution >= 0.6 is 0 Å². The molecule has 0 aromatic carbocycles. The van der Waals surface area contributed by atoms with Crippen molar-refractivity contribution in [1.29, 1.82) is 0 Å². The number of piperidine rings is 1. The van der Waals surface area contributed by atoms with Crippen molar-refractivity contribution in [2.45, 2.75) is 98.8 Å². The first-order valence-electron chi connectivity index (χ1n) is 11.4. The lowest BCUT2D eigenvalue weighted by molar-refractivity contribution is -0.142. The predicted octanol–water partition coefficient (Wildman–Crippen LogP) is 3.29. The number of hydrogen-bond acceptors (Lipinski definition) is 4. The van der Waals surface area contributed by atoms with Gasteiger partial charge in [0.15, 0.2) is 0 Å². The quantitative estimate of drug-likeness (QED) is 0.569. The molecule has 2 amide bonds. The molecule has 1 aliphatic rings. The third kappa shape index (κ3) is 7.34. The van der Waals surface area contributed by atoms with Crippen LogP contribution in [0.2, 0.25) is 0 Å². The minimum Gasteiger partial charge on any atom is -0.478 e. The summed E-state index contributed by atoms with van der Waals surface area (Å²) in [6, 6.07) is -1.06. The van der Waals surface area contributed by atoms with Gasteiger partial charge < -0.3 is 15.3 Å². The van der Waals surface area contributed by atoms with Gasteiger partial charge in [0.2, 0.25) is 11.8 Å². The van der Waals surface area contributed by atoms with E-state index in [0.29, 0.717) is 0 Å². The second kappa shape index (κ2) is 11.1. The molecule has 0 spiro atoms. The van der Waals surface area contributed by atoms with Crippen molar-refractivity contribution in [1.82, 2.24) is 15.1 Å². The Morgan fingerprint density at radius 1 is 1.13 bits per heavy atom. The van der Waals surface area contributed by atoms with Crippen LogP contribution in [0.25, 0.3) is 0 Å². The molecule has 1 fully saturated rings. The van der Waals surface area contributed by atoms with E-state index in [2.05, 4.69) is 24.1 Å². The molecule has 7 heteroatoms. The maximum absolute atomic E-state index is 13.5. The summed E-state index contributed by atoms with van der Waals surface area (Å²) >= 11 is 0. The number of carboxylic acid groups (broad SMARTS) is 1. The van der Waals surface area contributed by atoms with Gasteiger partial charge in [-0.3, -0.25) is 14.5 Å². The number of nitrogens with one attached hydrogen (secondary N) is 1. The Morgan fingerprint density at radius 2 is 1.71 bits per heavy atom. The second-order valence-electron chi connectivity index (χ2n) is 10.5. The van der Waals surface area contributed by atoms with Gasteiger partial charge in [-0.15, -0.1) is 0 Å². The van der Waals surface area contributed by atoms with E-state index >= 15 is 0 Å². The van der Waals surface area contributed by atoms with E-state index in [1.807, 2.05) is 34.6 Å². The minimum atomic E-state index is -1.00. The van der Waals surface area contributed by atoms with E-state index in [1.54, 1.807) is 18.0 Å². The van der Waals surface area contributed by atoms with Crippen LogP contribution in [0.5, 0.6) is 0 Å². The summed E-state index contributed by atoms with van der Waals surface area (Å²) in [6.45, 7) is 16.3. The van der Waals surface area contributed by atoms with E-state index in [0.717, 1.165) is 25.8 Å². The highest BCUT2D eigenvalue weighted by Crippen LogP contribution is 2.25. The lowest BCUT2D eigenvalue weighted by atomic mass is 9.84. The standard InChI is InChI=1S/C24H43N3O4/c1-15(2)19(14-17(5)23(30)31)26(9)22(29)20(24(6,7)8)25-21(28)18-12-10-11-13-27(18)16(3)4/h14-16,18-20H,10-13H2,1-9H3,(H,25,28)(H,30,31)/t18-,19-,20?/m1/s1. The molecule has 7 nitrogen and oxygen atoms in total. The lowest BCUT2D eigenvalue weighted by Crippen LogP contribution is -2.60. The summed E-state index contributed by atoms with van der Waals surface area (Å²) in [5.41, 5.74) is -0.296. The highest BCUT2D eigenvalue weighted by atomic mass is 16.4. The molecule has 1 unspecified atom stereocenters. The fourth-order valence-corrected chi connectivity index (χ4v) is 4.17. The molecular formula is C24H43N3O4. The largest absolute Gasteiger partial charge is 0.478 e. The normalized spacial score (nSPS) is 20.5. The Labute approximate surface area is 188 Å². The van der Waals surface area contributed by atoms with Gasteiger partial charge in [-0.05, 0) is 51.5 Å². The Morgan fingerprint density at radius 3 is 2.16 bits per heavy atom. The Bertz CT molecular complexity index is 679. The Hall–Kier alpha value is -1.89. The number of aliphatic carboxylic acids is 1. The maximum atomic E-state index is 13.5. The van der Waals surface area contributed by atoms with Crippen molar-refractivity contribution >= 4 is 17.8 Å². The number of nitrogens with zero attached hydrogens (tertiary/aromatic N) is 2. The third-order valence-electron chi connectivity index (χ3n) is 6.15. The number of amides is 2. The molecule has 31 heavy (non-hydrogen) atoms. The number of likely N-dealkylation sites (tertiary alicyclic amines) is 1. The summed E-state index contributed by atoms with van der Waals surface area (Å²) in [6.07, 6.45) is 4.50. The topological polar surface area (TPSA) is 90.0 Å². The van der Waals surface area contributed by atoms with Crippen molar-refractivity contribution < 1.29 is 19.5 Å². The smallest absolute Gasteiger partial charge is 0.331 e. The molecule has 1 aliphatic heterocycles. The van der Waals surface area contributed by atoms with Crippen LogP contribution in [0.1, 0.15) is 74.7 Å². The number of likely N-dealkylation sites (N-methyl/N-ethyl adjacent to an activating group) is 1. The molecule has 0 radical (unpaired) electrons. The van der Waals surface area contributed by atoms with Crippen LogP contribution in [-0.4, -0.2) is 70.4 Å². The van der Waals surface area contributed by atoms with Gasteiger partial charge in [0, 0.05) is 18.7 Å². The van der Waals surface area contributed by atoms with Gasteiger partial charge in [-0.25, -0.2) is 4.79 Å². The van der Waals surface area contributed by atoms with Gasteiger partial charge in [0.25, 0.3) is 0 Å². The number of carbonyl (C=O) groups is 3. The molecule has 0 aromatic rings. The average molecular weight is 438 g/mol. The summed E-state index contributed by atoms with van der Waals surface area (Å²) in [4.78, 5) is 41.9. The summed E-state index contributed by atoms with van der Waals surface area (Å²) in [7, 11) is 1.69. The molecule has 0 aliphatic carbocycles. The molecule has 1 saturated heterocycles. The maximum Gasteiger partial charge on any atom is 0.331 e. The molecule has 178 valence electrons. The molecular weight excluding hydrogens is 394 g/mol. The van der Waals surface area contributed by atoms with Gasteiger partial charge in [-0.2, -0.15) is 0 Å². The van der Waals surface area contributed by atoms with E-state index in [1.165, 1.54) is 6.92 Å². The molecule has 0 aromatic heterocycles. The Kier molecular flexibility index (Phi) is 9.73. The molecule has 1 heterocycles. The first kappa shape index (κ1) is 27.1. The van der Waals surface area contributed by atoms with E-state index < -0.39 is 17.4 Å². The highest BCUT2D eigenvalue weighted by Gasteiger charge is 2.39. The summed E-state index contributed by atoms with van der Waals surface area (Å²) < 4.78 is 0. The van der Waals surface area contributed by atoms with Gasteiger partial charge >= 0.3 is 5.97 Å². The lowest BCUT2D eigenvalue weighted by Gasteiger charge is -2.41. The van der Waals surface area contributed by atoms with Crippen molar-refractivity contribution in [3.63, 3.8) is 0 Å². The van der Waals surface area contributed by atoms with Crippen LogP contribution in [0.15, 0.2) is 11.6 Å². The number of carboxylic acids is 1. The second-order valence-corrected chi connectivity index (χ2v) is 10.5. The van der Waals surface area contributed by atoms with Crippen molar-refractivity contribution in [2.75, 3.05) is 13.6 Å². The average Bonchev–Trinajstić information content (AvgIpc) is 2.67. The van der Waals surface area contributed by atoms with E-state index in [4.69, 9.17) is 0 Å². The predicted molar refractivity (Wildman–Crippen MR) is 124 cm³/mol. The fraction of sp³-hybridized carbons (Fsp3) is 0.792. The zero-order valence-corrected chi connectivity index (χ0v) is 20.9. The van der Waals surface area contributed by atoms with Crippen LogP contribution < -0.4 is 5.32 Å². The number of carbonyl (C=O) groups excluding carboxylic acids is 2. The molecule has 2 N–H and O–H groups in total. The highest BCUT2D eigenvalue weighted by molar-refractivity contribution is 5.91. The number of hydrogen-bond donors (Lipinski definition) is 2. The van der Waals surface area contributed by atoms with Crippen LogP contribution in [0.4, 0.5) is 0 Å². The van der Waals surface area contributed by atoms with E-state index in [9.17, 15) is 19.5 Å². The molecule has 1 rings (SSSR count). The van der Waals surface area contributed by atoms with Crippen molar-refractivity contribution in [2.24, 2.45) is 11.3 Å². The molecule has 0 bridgehead atoms. The summed E-state index contributed by atoms with van der Waals surface area (Å²) in [5.74, 6) is -1.29. The van der Waals surface area contributed by atoms with Gasteiger partial charge in [0.1, 0.15) is 6.04 Å². The van der Waals surface area contributed by atoms with Crippen LogP contribution in [-0.2, 0) is 14.4 Å². The first-order chi connectivity index (χ1) is 14.2. The van der Waals surface area contributed by atoms with Crippen molar-refractivity contribution in [3.8, 4) is 0 Å². The number of rotatable bonds is 8. The third-order valence-corrected chi connectivity index (χ3v) is 6.15. The molecule has 0 saturated carbocycles. The fourth-order valence-electron chi connectivity index (χ4n) is 4.17. The van der Waals surface area contributed by atoms with Gasteiger partial charge in [0.05, 0.1) is 12.1 Å². The first-order valence-corrected chi connectivity index (χ1v) is 11.4.